The van der Waals surface area contributed by atoms with E-state index in [1.54, 1.807) is 17.2 Å². The monoisotopic (exact) mass is 325 g/mol. The summed E-state index contributed by atoms with van der Waals surface area (Å²) in [5.41, 5.74) is 2.64. The van der Waals surface area contributed by atoms with Crippen molar-refractivity contribution < 1.29 is 14.3 Å². The topological polar surface area (TPSA) is 75.5 Å². The van der Waals surface area contributed by atoms with Gasteiger partial charge in [-0.15, -0.1) is 0 Å². The third-order valence-electron chi connectivity index (χ3n) is 3.87. The number of fused-ring (bicyclic) bond motifs is 3. The summed E-state index contributed by atoms with van der Waals surface area (Å²) in [6, 6.07) is 5.64. The van der Waals surface area contributed by atoms with Gasteiger partial charge in [0.1, 0.15) is 17.4 Å². The number of benzene rings is 1. The third-order valence-corrected chi connectivity index (χ3v) is 3.87. The molecule has 0 radical (unpaired) electrons. The molecule has 0 unspecified atom stereocenters. The number of methoxy groups -OCH3 is 1. The molecule has 2 heterocycles. The fourth-order valence-corrected chi connectivity index (χ4v) is 2.80. The first kappa shape index (κ1) is 16.1. The maximum atomic E-state index is 12.3. The fourth-order valence-electron chi connectivity index (χ4n) is 2.80. The highest BCUT2D eigenvalue weighted by molar-refractivity contribution is 5.87. The van der Waals surface area contributed by atoms with Crippen LogP contribution in [0.15, 0.2) is 18.3 Å². The summed E-state index contributed by atoms with van der Waals surface area (Å²) in [7, 11) is 1.53. The van der Waals surface area contributed by atoms with Crippen molar-refractivity contribution in [2.45, 2.75) is 39.5 Å². The lowest BCUT2D eigenvalue weighted by Crippen LogP contribution is -2.33. The van der Waals surface area contributed by atoms with Crippen LogP contribution in [0.1, 0.15) is 37.5 Å². The molecule has 1 amide bonds. The van der Waals surface area contributed by atoms with Gasteiger partial charge in [-0.1, -0.05) is 0 Å². The maximum absolute atomic E-state index is 12.3. The molecule has 1 aliphatic heterocycles. The molecular formula is C18H19N3O3. The second-order valence-electron chi connectivity index (χ2n) is 6.78. The third kappa shape index (κ3) is 2.85. The molecule has 0 saturated heterocycles. The quantitative estimate of drug-likeness (QED) is 0.803. The molecule has 1 aromatic heterocycles. The van der Waals surface area contributed by atoms with Gasteiger partial charge >= 0.3 is 6.09 Å². The van der Waals surface area contributed by atoms with Gasteiger partial charge in [0.05, 0.1) is 31.3 Å². The lowest BCUT2D eigenvalue weighted by atomic mass is 10.0. The molecular weight excluding hydrogens is 306 g/mol. The molecule has 6 nitrogen and oxygen atoms in total. The van der Waals surface area contributed by atoms with Gasteiger partial charge in [0.15, 0.2) is 0 Å². The second-order valence-corrected chi connectivity index (χ2v) is 6.78. The average Bonchev–Trinajstić information content (AvgIpc) is 2.96. The van der Waals surface area contributed by atoms with E-state index in [4.69, 9.17) is 9.47 Å². The van der Waals surface area contributed by atoms with E-state index in [1.807, 2.05) is 26.8 Å². The summed E-state index contributed by atoms with van der Waals surface area (Å²) in [5, 5.41) is 10.1. The Bertz CT molecular complexity index is 862. The number of ether oxygens (including phenoxy) is 2. The van der Waals surface area contributed by atoms with Crippen molar-refractivity contribution in [2.24, 2.45) is 0 Å². The zero-order valence-corrected chi connectivity index (χ0v) is 14.2. The Kier molecular flexibility index (Phi) is 3.80. The van der Waals surface area contributed by atoms with Gasteiger partial charge in [0, 0.05) is 11.6 Å². The molecule has 0 saturated carbocycles. The van der Waals surface area contributed by atoms with Crippen molar-refractivity contribution in [2.75, 3.05) is 7.11 Å². The molecule has 0 spiro atoms. The Labute approximate surface area is 140 Å². The second kappa shape index (κ2) is 5.68. The highest BCUT2D eigenvalue weighted by atomic mass is 16.6. The first-order valence-corrected chi connectivity index (χ1v) is 7.69. The van der Waals surface area contributed by atoms with Crippen LogP contribution in [-0.2, 0) is 17.8 Å². The molecule has 6 heteroatoms. The Balaban J connectivity index is 1.99. The minimum atomic E-state index is -0.531. The van der Waals surface area contributed by atoms with Crippen LogP contribution in [0.3, 0.4) is 0 Å². The van der Waals surface area contributed by atoms with Crippen LogP contribution >= 0.6 is 0 Å². The molecule has 1 aliphatic rings. The zero-order chi connectivity index (χ0) is 17.5. The molecule has 2 aromatic rings. The molecule has 0 aliphatic carbocycles. The van der Waals surface area contributed by atoms with E-state index >= 15 is 0 Å². The summed E-state index contributed by atoms with van der Waals surface area (Å²) in [6.45, 7) is 6.46. The van der Waals surface area contributed by atoms with Crippen molar-refractivity contribution >= 4 is 17.0 Å². The normalized spacial score (nSPS) is 13.5. The smallest absolute Gasteiger partial charge is 0.410 e. The van der Waals surface area contributed by atoms with E-state index in [1.165, 1.54) is 7.11 Å². The largest absolute Gasteiger partial charge is 0.495 e. The molecule has 24 heavy (non-hydrogen) atoms. The minimum absolute atomic E-state index is 0.340. The number of rotatable bonds is 1. The first-order valence-electron chi connectivity index (χ1n) is 7.69. The van der Waals surface area contributed by atoms with Gasteiger partial charge in [-0.05, 0) is 44.0 Å². The van der Waals surface area contributed by atoms with Crippen LogP contribution in [0.4, 0.5) is 4.79 Å². The molecule has 3 rings (SSSR count). The Hall–Kier alpha value is -2.81. The molecule has 0 N–H and O–H groups in total. The van der Waals surface area contributed by atoms with Gasteiger partial charge in [0.2, 0.25) is 0 Å². The van der Waals surface area contributed by atoms with Crippen molar-refractivity contribution in [1.82, 2.24) is 9.88 Å². The maximum Gasteiger partial charge on any atom is 0.410 e. The lowest BCUT2D eigenvalue weighted by Gasteiger charge is -2.24. The number of pyridine rings is 1. The minimum Gasteiger partial charge on any atom is -0.495 e. The van der Waals surface area contributed by atoms with Crippen LogP contribution in [0.2, 0.25) is 0 Å². The van der Waals surface area contributed by atoms with E-state index in [-0.39, 0.29) is 6.09 Å². The van der Waals surface area contributed by atoms with Gasteiger partial charge in [-0.2, -0.15) is 5.26 Å². The number of amides is 1. The highest BCUT2D eigenvalue weighted by Gasteiger charge is 2.29. The molecule has 1 aromatic carbocycles. The van der Waals surface area contributed by atoms with Crippen LogP contribution in [0.5, 0.6) is 5.75 Å². The number of carbonyl (C=O) groups is 1. The number of hydrogen-bond donors (Lipinski definition) is 0. The summed E-state index contributed by atoms with van der Waals surface area (Å²) in [4.78, 5) is 18.4. The number of carbonyl (C=O) groups excluding carboxylic acids is 1. The Morgan fingerprint density at radius 1 is 1.33 bits per heavy atom. The van der Waals surface area contributed by atoms with E-state index in [9.17, 15) is 10.1 Å². The fraction of sp³-hybridized carbons (Fsp3) is 0.389. The lowest BCUT2D eigenvalue weighted by molar-refractivity contribution is 0.0242. The number of aromatic nitrogens is 1. The number of hydrogen-bond acceptors (Lipinski definition) is 5. The van der Waals surface area contributed by atoms with Crippen LogP contribution < -0.4 is 4.74 Å². The van der Waals surface area contributed by atoms with Crippen molar-refractivity contribution in [3.8, 4) is 11.8 Å². The Morgan fingerprint density at radius 2 is 2.08 bits per heavy atom. The standard InChI is InChI=1S/C18H19N3O3/c1-18(2,3)24-17(22)21-9-12-8-20-15-5-11(7-19)16(23-4)6-13(15)14(12)10-21/h5-6,8H,9-10H2,1-4H3. The SMILES string of the molecule is COc1cc2c3c(cnc2cc1C#N)CN(C(=O)OC(C)(C)C)C3. The molecule has 124 valence electrons. The van der Waals surface area contributed by atoms with Gasteiger partial charge in [-0.25, -0.2) is 4.79 Å². The van der Waals surface area contributed by atoms with E-state index in [2.05, 4.69) is 11.1 Å². The van der Waals surface area contributed by atoms with Gasteiger partial charge in [0.25, 0.3) is 0 Å². The van der Waals surface area contributed by atoms with Gasteiger partial charge in [-0.3, -0.25) is 9.88 Å². The number of nitrogens with zero attached hydrogens (tertiary/aromatic N) is 3. The highest BCUT2D eigenvalue weighted by Crippen LogP contribution is 2.33. The molecule has 0 fully saturated rings. The summed E-state index contributed by atoms with van der Waals surface area (Å²) in [5.74, 6) is 0.510. The predicted octanol–water partition coefficient (Wildman–Crippen LogP) is 3.37. The summed E-state index contributed by atoms with van der Waals surface area (Å²) >= 11 is 0. The van der Waals surface area contributed by atoms with Crippen molar-refractivity contribution in [3.05, 3.63) is 35.0 Å². The van der Waals surface area contributed by atoms with Crippen molar-refractivity contribution in [1.29, 1.82) is 5.26 Å². The molecule has 0 bridgehead atoms. The van der Waals surface area contributed by atoms with E-state index in [0.29, 0.717) is 24.4 Å². The van der Waals surface area contributed by atoms with E-state index in [0.717, 1.165) is 22.0 Å². The van der Waals surface area contributed by atoms with Crippen LogP contribution in [0.25, 0.3) is 10.9 Å². The van der Waals surface area contributed by atoms with Gasteiger partial charge < -0.3 is 9.47 Å². The Morgan fingerprint density at radius 3 is 2.71 bits per heavy atom. The first-order chi connectivity index (χ1) is 11.3. The van der Waals surface area contributed by atoms with Crippen molar-refractivity contribution in [3.63, 3.8) is 0 Å². The van der Waals surface area contributed by atoms with Crippen LogP contribution in [-0.4, -0.2) is 28.7 Å². The summed E-state index contributed by atoms with van der Waals surface area (Å²) < 4.78 is 10.7. The van der Waals surface area contributed by atoms with Crippen LogP contribution in [0, 0.1) is 11.3 Å². The summed E-state index contributed by atoms with van der Waals surface area (Å²) in [6.07, 6.45) is 1.42. The average molecular weight is 325 g/mol. The van der Waals surface area contributed by atoms with E-state index < -0.39 is 5.60 Å². The zero-order valence-electron chi connectivity index (χ0n) is 14.2. The predicted molar refractivity (Wildman–Crippen MR) is 88.5 cm³/mol. The molecule has 0 atom stereocenters. The number of nitriles is 1.